The number of aromatic amines is 1. The van der Waals surface area contributed by atoms with Crippen LogP contribution in [0, 0.1) is 6.92 Å². The zero-order chi connectivity index (χ0) is 15.8. The molecule has 7 heteroatoms. The molecule has 7 nitrogen and oxygen atoms in total. The third kappa shape index (κ3) is 2.44. The molecule has 1 aromatic carbocycles. The van der Waals surface area contributed by atoms with Crippen LogP contribution in [0.2, 0.25) is 0 Å². The number of carbonyl (C=O) groups excluding carboxylic acids is 1. The third-order valence-corrected chi connectivity index (χ3v) is 4.23. The first-order valence-electron chi connectivity index (χ1n) is 7.61. The van der Waals surface area contributed by atoms with Crippen LogP contribution in [-0.4, -0.2) is 49.3 Å². The lowest BCUT2D eigenvalue weighted by molar-refractivity contribution is 0.0786. The number of amides is 1. The fraction of sp³-hybridized carbons (Fsp3) is 0.312. The zero-order valence-corrected chi connectivity index (χ0v) is 12.7. The van der Waals surface area contributed by atoms with Gasteiger partial charge in [0, 0.05) is 29.8 Å². The van der Waals surface area contributed by atoms with Crippen LogP contribution in [0.25, 0.3) is 10.8 Å². The summed E-state index contributed by atoms with van der Waals surface area (Å²) in [7, 11) is 0. The Labute approximate surface area is 132 Å². The molecule has 23 heavy (non-hydrogen) atoms. The normalized spacial score (nSPS) is 17.8. The van der Waals surface area contributed by atoms with Gasteiger partial charge < -0.3 is 4.90 Å². The smallest absolute Gasteiger partial charge is 0.275 e. The van der Waals surface area contributed by atoms with Gasteiger partial charge in [-0.15, -0.1) is 5.10 Å². The number of carbonyl (C=O) groups is 1. The van der Waals surface area contributed by atoms with Crippen LogP contribution in [0.5, 0.6) is 0 Å². The molecular weight excluding hydrogens is 292 g/mol. The number of rotatable bonds is 2. The minimum absolute atomic E-state index is 0.0796. The van der Waals surface area contributed by atoms with Gasteiger partial charge in [0.05, 0.1) is 6.20 Å². The minimum Gasteiger partial charge on any atom is -0.336 e. The summed E-state index contributed by atoms with van der Waals surface area (Å²) in [6.45, 7) is 3.17. The van der Waals surface area contributed by atoms with E-state index in [4.69, 9.17) is 0 Å². The second-order valence-corrected chi connectivity index (χ2v) is 5.80. The van der Waals surface area contributed by atoms with Crippen LogP contribution in [0.4, 0.5) is 0 Å². The molecule has 0 saturated carbocycles. The SMILES string of the molecule is Cc1nc(C2CCN(C(=O)c3nncc4ccccc34)C2)n[nH]1. The summed E-state index contributed by atoms with van der Waals surface area (Å²) in [5.74, 6) is 1.67. The number of aromatic nitrogens is 5. The van der Waals surface area contributed by atoms with Crippen molar-refractivity contribution >= 4 is 16.7 Å². The van der Waals surface area contributed by atoms with Crippen molar-refractivity contribution in [1.82, 2.24) is 30.3 Å². The molecule has 1 unspecified atom stereocenters. The van der Waals surface area contributed by atoms with Crippen LogP contribution >= 0.6 is 0 Å². The summed E-state index contributed by atoms with van der Waals surface area (Å²) in [6.07, 6.45) is 2.54. The van der Waals surface area contributed by atoms with E-state index in [0.29, 0.717) is 18.8 Å². The molecule has 1 N–H and O–H groups in total. The fourth-order valence-corrected chi connectivity index (χ4v) is 3.03. The molecule has 3 heterocycles. The average molecular weight is 308 g/mol. The molecule has 0 spiro atoms. The molecule has 0 radical (unpaired) electrons. The van der Waals surface area contributed by atoms with Gasteiger partial charge in [0.15, 0.2) is 11.5 Å². The van der Waals surface area contributed by atoms with E-state index < -0.39 is 0 Å². The highest BCUT2D eigenvalue weighted by molar-refractivity contribution is 6.04. The summed E-state index contributed by atoms with van der Waals surface area (Å²) < 4.78 is 0. The Morgan fingerprint density at radius 1 is 1.35 bits per heavy atom. The number of hydrogen-bond donors (Lipinski definition) is 1. The van der Waals surface area contributed by atoms with Gasteiger partial charge >= 0.3 is 0 Å². The Bertz CT molecular complexity index is 868. The molecule has 1 atom stereocenters. The van der Waals surface area contributed by atoms with Gasteiger partial charge in [-0.25, -0.2) is 4.98 Å². The van der Waals surface area contributed by atoms with Gasteiger partial charge in [0.25, 0.3) is 5.91 Å². The Hall–Kier alpha value is -2.83. The lowest BCUT2D eigenvalue weighted by atomic mass is 10.1. The average Bonchev–Trinajstić information content (AvgIpc) is 3.22. The van der Waals surface area contributed by atoms with Crippen molar-refractivity contribution in [1.29, 1.82) is 0 Å². The summed E-state index contributed by atoms with van der Waals surface area (Å²) in [6, 6.07) is 7.67. The Morgan fingerprint density at radius 2 is 2.22 bits per heavy atom. The highest BCUT2D eigenvalue weighted by atomic mass is 16.2. The lowest BCUT2D eigenvalue weighted by Gasteiger charge is -2.16. The highest BCUT2D eigenvalue weighted by Crippen LogP contribution is 2.26. The van der Waals surface area contributed by atoms with Gasteiger partial charge in [-0.2, -0.15) is 10.2 Å². The van der Waals surface area contributed by atoms with E-state index in [1.807, 2.05) is 36.1 Å². The molecule has 1 saturated heterocycles. The van der Waals surface area contributed by atoms with Gasteiger partial charge in [-0.3, -0.25) is 9.89 Å². The minimum atomic E-state index is -0.0796. The number of fused-ring (bicyclic) bond motifs is 1. The summed E-state index contributed by atoms with van der Waals surface area (Å²) >= 11 is 0. The van der Waals surface area contributed by atoms with Crippen molar-refractivity contribution in [3.05, 3.63) is 47.8 Å². The van der Waals surface area contributed by atoms with E-state index in [1.165, 1.54) is 0 Å². The topological polar surface area (TPSA) is 87.7 Å². The van der Waals surface area contributed by atoms with Crippen molar-refractivity contribution < 1.29 is 4.79 Å². The van der Waals surface area contributed by atoms with Gasteiger partial charge in [-0.05, 0) is 13.3 Å². The molecule has 3 aromatic rings. The highest BCUT2D eigenvalue weighted by Gasteiger charge is 2.31. The first-order valence-corrected chi connectivity index (χ1v) is 7.61. The lowest BCUT2D eigenvalue weighted by Crippen LogP contribution is -2.29. The molecule has 1 aliphatic heterocycles. The van der Waals surface area contributed by atoms with Gasteiger partial charge in [-0.1, -0.05) is 24.3 Å². The van der Waals surface area contributed by atoms with E-state index in [0.717, 1.165) is 28.8 Å². The van der Waals surface area contributed by atoms with Gasteiger partial charge in [0.1, 0.15) is 5.82 Å². The molecule has 2 aromatic heterocycles. The monoisotopic (exact) mass is 308 g/mol. The number of nitrogens with zero attached hydrogens (tertiary/aromatic N) is 5. The van der Waals surface area contributed by atoms with Gasteiger partial charge in [0.2, 0.25) is 0 Å². The predicted octanol–water partition coefficient (Wildman–Crippen LogP) is 1.69. The van der Waals surface area contributed by atoms with Crippen LogP contribution in [0.1, 0.15) is 34.5 Å². The molecule has 0 bridgehead atoms. The van der Waals surface area contributed by atoms with Crippen LogP contribution < -0.4 is 0 Å². The van der Waals surface area contributed by atoms with E-state index in [9.17, 15) is 4.79 Å². The number of hydrogen-bond acceptors (Lipinski definition) is 5. The van der Waals surface area contributed by atoms with E-state index in [2.05, 4.69) is 25.4 Å². The number of nitrogens with one attached hydrogen (secondary N) is 1. The standard InChI is InChI=1S/C16H16N6O/c1-10-18-15(21-19-10)12-6-7-22(9-12)16(23)14-13-5-3-2-4-11(13)8-17-20-14/h2-5,8,12H,6-7,9H2,1H3,(H,18,19,21). The maximum Gasteiger partial charge on any atom is 0.275 e. The first-order chi connectivity index (χ1) is 11.2. The molecule has 116 valence electrons. The number of benzene rings is 1. The maximum atomic E-state index is 12.8. The van der Waals surface area contributed by atoms with E-state index in [1.54, 1.807) is 6.20 Å². The van der Waals surface area contributed by atoms with Crippen molar-refractivity contribution in [2.45, 2.75) is 19.3 Å². The van der Waals surface area contributed by atoms with Crippen LogP contribution in [0.15, 0.2) is 30.5 Å². The third-order valence-electron chi connectivity index (χ3n) is 4.23. The number of H-pyrrole nitrogens is 1. The molecule has 4 rings (SSSR count). The quantitative estimate of drug-likeness (QED) is 0.778. The Morgan fingerprint density at radius 3 is 3.04 bits per heavy atom. The Kier molecular flexibility index (Phi) is 3.25. The zero-order valence-electron chi connectivity index (χ0n) is 12.7. The largest absolute Gasteiger partial charge is 0.336 e. The summed E-state index contributed by atoms with van der Waals surface area (Å²) in [4.78, 5) is 19.0. The molecule has 1 aliphatic rings. The number of aryl methyl sites for hydroxylation is 1. The maximum absolute atomic E-state index is 12.8. The summed E-state index contributed by atoms with van der Waals surface area (Å²) in [5.41, 5.74) is 0.412. The second-order valence-electron chi connectivity index (χ2n) is 5.80. The molecular formula is C16H16N6O. The molecule has 0 aliphatic carbocycles. The summed E-state index contributed by atoms with van der Waals surface area (Å²) in [5, 5.41) is 16.9. The van der Waals surface area contributed by atoms with Crippen LogP contribution in [-0.2, 0) is 0 Å². The first kappa shape index (κ1) is 13.8. The van der Waals surface area contributed by atoms with Crippen molar-refractivity contribution in [2.75, 3.05) is 13.1 Å². The Balaban J connectivity index is 1.60. The molecule has 1 fully saturated rings. The second kappa shape index (κ2) is 5.42. The predicted molar refractivity (Wildman–Crippen MR) is 83.9 cm³/mol. The van der Waals surface area contributed by atoms with Crippen molar-refractivity contribution in [2.24, 2.45) is 0 Å². The number of likely N-dealkylation sites (tertiary alicyclic amines) is 1. The molecule has 1 amide bonds. The van der Waals surface area contributed by atoms with Crippen molar-refractivity contribution in [3.8, 4) is 0 Å². The van der Waals surface area contributed by atoms with Crippen LogP contribution in [0.3, 0.4) is 0 Å². The van der Waals surface area contributed by atoms with E-state index >= 15 is 0 Å². The fourth-order valence-electron chi connectivity index (χ4n) is 3.03. The van der Waals surface area contributed by atoms with E-state index in [-0.39, 0.29) is 11.8 Å². The van der Waals surface area contributed by atoms with Crippen molar-refractivity contribution in [3.63, 3.8) is 0 Å².